The van der Waals surface area contributed by atoms with Crippen LogP contribution in [0, 0.1) is 0 Å². The average molecular weight is 702 g/mol. The maximum Gasteiger partial charge on any atom is 0.138 e. The summed E-state index contributed by atoms with van der Waals surface area (Å²) in [7, 11) is 0. The van der Waals surface area contributed by atoms with Crippen LogP contribution in [0.15, 0.2) is 188 Å². The first kappa shape index (κ1) is 30.0. The van der Waals surface area contributed by atoms with Crippen molar-refractivity contribution < 1.29 is 0 Å². The molecule has 4 aromatic heterocycles. The number of hydrogen-bond donors (Lipinski definition) is 0. The molecule has 11 aromatic rings. The van der Waals surface area contributed by atoms with Gasteiger partial charge in [0.2, 0.25) is 0 Å². The fourth-order valence-corrected chi connectivity index (χ4v) is 8.94. The molecule has 1 aliphatic rings. The molecular weight excluding hydrogens is 671 g/mol. The van der Waals surface area contributed by atoms with E-state index in [1.807, 2.05) is 12.3 Å². The minimum Gasteiger partial charge on any atom is -0.309 e. The highest BCUT2D eigenvalue weighted by Gasteiger charge is 2.29. The average Bonchev–Trinajstić information content (AvgIpc) is 3.76. The van der Waals surface area contributed by atoms with Crippen LogP contribution in [0.3, 0.4) is 0 Å². The van der Waals surface area contributed by atoms with Crippen LogP contribution in [0.2, 0.25) is 0 Å². The Bertz CT molecular complexity index is 3320. The van der Waals surface area contributed by atoms with Gasteiger partial charge in [-0.3, -0.25) is 9.47 Å². The molecular formula is C50H31N5. The van der Waals surface area contributed by atoms with Gasteiger partial charge in [0, 0.05) is 49.9 Å². The second-order valence-corrected chi connectivity index (χ2v) is 14.2. The van der Waals surface area contributed by atoms with E-state index in [9.17, 15) is 0 Å². The van der Waals surface area contributed by atoms with E-state index in [0.717, 1.165) is 51.0 Å². The van der Waals surface area contributed by atoms with Crippen molar-refractivity contribution in [2.24, 2.45) is 0 Å². The van der Waals surface area contributed by atoms with Gasteiger partial charge >= 0.3 is 0 Å². The highest BCUT2D eigenvalue weighted by molar-refractivity contribution is 6.19. The summed E-state index contributed by atoms with van der Waals surface area (Å²) in [5, 5.41) is 7.26. The molecule has 0 fully saturated rings. The van der Waals surface area contributed by atoms with Crippen LogP contribution >= 0.6 is 0 Å². The van der Waals surface area contributed by atoms with Gasteiger partial charge in [0.15, 0.2) is 0 Å². The predicted molar refractivity (Wildman–Crippen MR) is 227 cm³/mol. The van der Waals surface area contributed by atoms with E-state index in [-0.39, 0.29) is 0 Å². The van der Waals surface area contributed by atoms with E-state index < -0.39 is 0 Å². The van der Waals surface area contributed by atoms with Crippen LogP contribution in [0.4, 0.5) is 17.2 Å². The summed E-state index contributed by atoms with van der Waals surface area (Å²) < 4.78 is 4.64. The van der Waals surface area contributed by atoms with Gasteiger partial charge in [0.05, 0.1) is 39.1 Å². The van der Waals surface area contributed by atoms with E-state index in [1.165, 1.54) is 54.5 Å². The van der Waals surface area contributed by atoms with Crippen LogP contribution in [0.25, 0.3) is 88.3 Å². The summed E-state index contributed by atoms with van der Waals surface area (Å²) in [4.78, 5) is 12.7. The molecule has 256 valence electrons. The van der Waals surface area contributed by atoms with Gasteiger partial charge in [-0.05, 0) is 89.8 Å². The van der Waals surface area contributed by atoms with Crippen molar-refractivity contribution >= 4 is 71.6 Å². The van der Waals surface area contributed by atoms with Crippen molar-refractivity contribution in [3.05, 3.63) is 188 Å². The molecule has 0 aliphatic carbocycles. The molecule has 0 atom stereocenters. The first-order chi connectivity index (χ1) is 27.3. The largest absolute Gasteiger partial charge is 0.309 e. The third-order valence-corrected chi connectivity index (χ3v) is 11.3. The van der Waals surface area contributed by atoms with Crippen LogP contribution in [-0.2, 0) is 0 Å². The lowest BCUT2D eigenvalue weighted by Gasteiger charge is -2.33. The molecule has 0 bridgehead atoms. The van der Waals surface area contributed by atoms with E-state index in [0.29, 0.717) is 0 Å². The van der Waals surface area contributed by atoms with Gasteiger partial charge in [0.1, 0.15) is 11.6 Å². The first-order valence-corrected chi connectivity index (χ1v) is 18.7. The highest BCUT2D eigenvalue weighted by atomic mass is 15.2. The normalized spacial score (nSPS) is 12.3. The minimum atomic E-state index is 0.868. The number of aromatic nitrogens is 4. The van der Waals surface area contributed by atoms with E-state index in [1.54, 1.807) is 0 Å². The van der Waals surface area contributed by atoms with Crippen LogP contribution in [-0.4, -0.2) is 19.1 Å². The second-order valence-electron chi connectivity index (χ2n) is 14.2. The van der Waals surface area contributed by atoms with Gasteiger partial charge < -0.3 is 4.57 Å². The minimum absolute atomic E-state index is 0.868. The molecule has 0 saturated carbocycles. The van der Waals surface area contributed by atoms with Gasteiger partial charge in [-0.2, -0.15) is 0 Å². The Morgan fingerprint density at radius 2 is 1.09 bits per heavy atom. The first-order valence-electron chi connectivity index (χ1n) is 18.7. The summed E-state index contributed by atoms with van der Waals surface area (Å²) in [6.07, 6.45) is 1.86. The number of anilines is 3. The van der Waals surface area contributed by atoms with Crippen LogP contribution in [0.1, 0.15) is 0 Å². The number of benzene rings is 7. The van der Waals surface area contributed by atoms with Crippen molar-refractivity contribution in [2.75, 3.05) is 4.90 Å². The molecule has 55 heavy (non-hydrogen) atoms. The summed E-state index contributed by atoms with van der Waals surface area (Å²) in [6, 6.07) is 65.1. The number of para-hydroxylation sites is 3. The fourth-order valence-electron chi connectivity index (χ4n) is 8.94. The van der Waals surface area contributed by atoms with Crippen molar-refractivity contribution in [2.45, 2.75) is 0 Å². The van der Waals surface area contributed by atoms with Crippen LogP contribution < -0.4 is 4.90 Å². The Hall–Kier alpha value is -7.50. The Morgan fingerprint density at radius 3 is 1.91 bits per heavy atom. The Kier molecular flexibility index (Phi) is 6.27. The molecule has 0 radical (unpaired) electrons. The van der Waals surface area contributed by atoms with E-state index >= 15 is 0 Å². The van der Waals surface area contributed by atoms with Crippen LogP contribution in [0.5, 0.6) is 0 Å². The fraction of sp³-hybridized carbons (Fsp3) is 0. The Labute approximate surface area is 316 Å². The van der Waals surface area contributed by atoms with E-state index in [2.05, 4.69) is 190 Å². The van der Waals surface area contributed by atoms with Gasteiger partial charge in [0.25, 0.3) is 0 Å². The maximum absolute atomic E-state index is 5.48. The molecule has 0 amide bonds. The smallest absolute Gasteiger partial charge is 0.138 e. The summed E-state index contributed by atoms with van der Waals surface area (Å²) in [5.41, 5.74) is 12.4. The van der Waals surface area contributed by atoms with Gasteiger partial charge in [-0.25, -0.2) is 9.97 Å². The molecule has 0 spiro atoms. The molecule has 0 N–H and O–H groups in total. The quantitative estimate of drug-likeness (QED) is 0.183. The van der Waals surface area contributed by atoms with Gasteiger partial charge in [-0.15, -0.1) is 0 Å². The van der Waals surface area contributed by atoms with Crippen molar-refractivity contribution in [3.8, 4) is 33.9 Å². The number of fused-ring (bicyclic) bond motifs is 8. The van der Waals surface area contributed by atoms with Crippen molar-refractivity contribution in [1.82, 2.24) is 19.1 Å². The lowest BCUT2D eigenvalue weighted by Crippen LogP contribution is -2.16. The topological polar surface area (TPSA) is 38.9 Å². The predicted octanol–water partition coefficient (Wildman–Crippen LogP) is 12.9. The third kappa shape index (κ3) is 4.35. The Balaban J connectivity index is 1.09. The standard InChI is InChI=1S/C50H31N5/c1-2-15-34(16-3-1)53-42-21-6-4-17-35(42)38-29-33(26-27-44(38)53)41-20-12-25-49(52-41)55-45-23-11-14-32-13-10-19-37(50(32)45)40-30-39-36-18-5-7-22-43(36)54(46(39)31-47(40)55)48-24-8-9-28-51-48/h1-31H. The molecule has 5 nitrogen and oxygen atoms in total. The molecule has 0 unspecified atom stereocenters. The molecule has 1 aliphatic heterocycles. The lowest BCUT2D eigenvalue weighted by atomic mass is 9.90. The molecule has 12 rings (SSSR count). The third-order valence-electron chi connectivity index (χ3n) is 11.3. The second kappa shape index (κ2) is 11.5. The number of pyridine rings is 2. The molecule has 0 saturated heterocycles. The molecule has 7 aromatic carbocycles. The van der Waals surface area contributed by atoms with Gasteiger partial charge in [-0.1, -0.05) is 103 Å². The number of hydrogen-bond acceptors (Lipinski definition) is 3. The summed E-state index contributed by atoms with van der Waals surface area (Å²) in [6.45, 7) is 0. The summed E-state index contributed by atoms with van der Waals surface area (Å²) in [5.74, 6) is 1.76. The van der Waals surface area contributed by atoms with Crippen molar-refractivity contribution in [3.63, 3.8) is 0 Å². The zero-order valence-electron chi connectivity index (χ0n) is 29.6. The highest BCUT2D eigenvalue weighted by Crippen LogP contribution is 2.52. The van der Waals surface area contributed by atoms with E-state index in [4.69, 9.17) is 9.97 Å². The Morgan fingerprint density at radius 1 is 0.400 bits per heavy atom. The number of rotatable bonds is 4. The summed E-state index contributed by atoms with van der Waals surface area (Å²) >= 11 is 0. The lowest BCUT2D eigenvalue weighted by molar-refractivity contribution is 1.08. The zero-order valence-corrected chi connectivity index (χ0v) is 29.6. The SMILES string of the molecule is c1ccc(-n2c3ccccc3c3cc(-c4cccc(N5c6cc7c(cc6-c6cccc8cccc5c68)c5ccccc5n7-c5ccccn5)n4)ccc32)cc1. The number of nitrogens with zero attached hydrogens (tertiary/aromatic N) is 5. The zero-order chi connectivity index (χ0) is 36.0. The monoisotopic (exact) mass is 701 g/mol. The molecule has 5 heterocycles. The maximum atomic E-state index is 5.48. The van der Waals surface area contributed by atoms with Crippen molar-refractivity contribution in [1.29, 1.82) is 0 Å². The molecule has 5 heteroatoms.